The molecule has 0 aromatic heterocycles. The maximum absolute atomic E-state index is 13.0. The molecule has 3 aromatic carbocycles. The molecule has 0 atom stereocenters. The number of benzene rings is 3. The molecule has 0 unspecified atom stereocenters. The minimum atomic E-state index is -5.85. The summed E-state index contributed by atoms with van der Waals surface area (Å²) in [6, 6.07) is 16.7. The van der Waals surface area contributed by atoms with Crippen molar-refractivity contribution in [2.24, 2.45) is 25.8 Å². The molecule has 0 aliphatic rings. The number of aliphatic imine (C=N–C) groups is 3. The number of carboxylic acid groups (broad SMARTS) is 1. The lowest BCUT2D eigenvalue weighted by molar-refractivity contribution is -0.360. The average molecular weight is 621 g/mol. The molecule has 0 aliphatic carbocycles. The minimum absolute atomic E-state index is 0.100. The van der Waals surface area contributed by atoms with Crippen molar-refractivity contribution in [3.63, 3.8) is 0 Å². The molecular formula is C28H25F5N6O3S. The summed E-state index contributed by atoms with van der Waals surface area (Å²) < 4.78 is 66.5. The Morgan fingerprint density at radius 1 is 1.00 bits per heavy atom. The lowest BCUT2D eigenvalue weighted by Crippen LogP contribution is -2.41. The molecule has 4 N–H and O–H groups in total. The van der Waals surface area contributed by atoms with Crippen LogP contribution in [0.2, 0.25) is 0 Å². The highest BCUT2D eigenvalue weighted by atomic mass is 32.2. The third-order valence-electron chi connectivity index (χ3n) is 5.38. The predicted molar refractivity (Wildman–Crippen MR) is 157 cm³/mol. The first-order chi connectivity index (χ1) is 20.2. The number of aliphatic carboxylic acids is 1. The van der Waals surface area contributed by atoms with Gasteiger partial charge in [-0.1, -0.05) is 54.2 Å². The van der Waals surface area contributed by atoms with Gasteiger partial charge in [-0.2, -0.15) is 27.1 Å². The highest BCUT2D eigenvalue weighted by molar-refractivity contribution is 8.14. The molecule has 0 bridgehead atoms. The Hall–Kier alpha value is -4.79. The number of nitrogens with two attached hydrogens (primary N) is 1. The van der Waals surface area contributed by atoms with Crippen LogP contribution in [0.25, 0.3) is 0 Å². The summed E-state index contributed by atoms with van der Waals surface area (Å²) in [6.45, 7) is 3.81. The maximum atomic E-state index is 13.0. The fourth-order valence-electron chi connectivity index (χ4n) is 3.24. The SMILES string of the molecule is Cc1cccc(C)c1N=C(N/N=C/c1ccc(C(N)=NC=Nc2ccc(OC(F)(F)C(F)(F)F)cc2)cc1)SCC(=O)O. The molecule has 0 saturated heterocycles. The third-order valence-corrected chi connectivity index (χ3v) is 6.23. The number of nitrogens with one attached hydrogen (secondary N) is 1. The number of hydrogen-bond donors (Lipinski definition) is 3. The number of hydrazone groups is 1. The summed E-state index contributed by atoms with van der Waals surface area (Å²) in [7, 11) is 0. The van der Waals surface area contributed by atoms with Gasteiger partial charge in [0, 0.05) is 5.56 Å². The van der Waals surface area contributed by atoms with Gasteiger partial charge < -0.3 is 15.6 Å². The first-order valence-corrected chi connectivity index (χ1v) is 13.2. The number of thioether (sulfide) groups is 1. The summed E-state index contributed by atoms with van der Waals surface area (Å²) in [4.78, 5) is 23.6. The van der Waals surface area contributed by atoms with Crippen LogP contribution in [0, 0.1) is 13.8 Å². The summed E-state index contributed by atoms with van der Waals surface area (Å²) in [5.41, 5.74) is 12.8. The van der Waals surface area contributed by atoms with Crippen LogP contribution in [0.3, 0.4) is 0 Å². The molecule has 3 aromatic rings. The summed E-state index contributed by atoms with van der Waals surface area (Å²) in [6.07, 6.45) is -8.56. The van der Waals surface area contributed by atoms with Crippen LogP contribution >= 0.6 is 11.8 Å². The van der Waals surface area contributed by atoms with Gasteiger partial charge >= 0.3 is 18.3 Å². The molecule has 226 valence electrons. The largest absolute Gasteiger partial charge is 0.499 e. The first-order valence-electron chi connectivity index (χ1n) is 12.2. The van der Waals surface area contributed by atoms with E-state index in [1.165, 1.54) is 18.3 Å². The second-order valence-electron chi connectivity index (χ2n) is 8.70. The van der Waals surface area contributed by atoms with E-state index < -0.39 is 24.0 Å². The number of rotatable bonds is 10. The van der Waals surface area contributed by atoms with Crippen molar-refractivity contribution < 1.29 is 36.6 Å². The van der Waals surface area contributed by atoms with Gasteiger partial charge in [-0.3, -0.25) is 10.2 Å². The van der Waals surface area contributed by atoms with Gasteiger partial charge in [-0.15, -0.1) is 0 Å². The molecule has 3 rings (SSSR count). The van der Waals surface area contributed by atoms with E-state index in [9.17, 15) is 26.7 Å². The molecule has 0 radical (unpaired) electrons. The molecule has 0 saturated carbocycles. The van der Waals surface area contributed by atoms with E-state index in [4.69, 9.17) is 10.8 Å². The summed E-state index contributed by atoms with van der Waals surface area (Å²) in [5, 5.41) is 13.5. The number of ether oxygens (including phenoxy) is 1. The molecule has 0 fully saturated rings. The van der Waals surface area contributed by atoms with E-state index in [-0.39, 0.29) is 17.3 Å². The molecule has 0 heterocycles. The highest BCUT2D eigenvalue weighted by Crippen LogP contribution is 2.37. The number of halogens is 5. The van der Waals surface area contributed by atoms with Crippen molar-refractivity contribution in [2.45, 2.75) is 26.1 Å². The van der Waals surface area contributed by atoms with Crippen LogP contribution in [0.4, 0.5) is 33.3 Å². The molecule has 0 amide bonds. The zero-order valence-electron chi connectivity index (χ0n) is 22.6. The molecule has 9 nitrogen and oxygen atoms in total. The van der Waals surface area contributed by atoms with E-state index in [0.717, 1.165) is 47.0 Å². The lowest BCUT2D eigenvalue weighted by Gasteiger charge is -2.20. The smallest absolute Gasteiger partial charge is 0.481 e. The zero-order chi connectivity index (χ0) is 31.6. The standard InChI is InChI=1S/C28H25F5N6O3S/c1-17-4-3-5-18(2)24(17)38-26(43-15-23(40)41)39-37-14-19-6-8-20(9-7-19)25(34)36-16-35-21-10-12-22(13-11-21)42-28(32,33)27(29,30)31/h3-14,16H,15H2,1-2H3,(H,38,39)(H,40,41)(H2,34,35,36)/b37-14+. The van der Waals surface area contributed by atoms with E-state index in [1.807, 2.05) is 32.0 Å². The number of nitrogens with zero attached hydrogens (tertiary/aromatic N) is 4. The molecule has 0 aliphatic heterocycles. The van der Waals surface area contributed by atoms with Crippen molar-refractivity contribution in [3.05, 3.63) is 89.0 Å². The Morgan fingerprint density at radius 3 is 2.21 bits per heavy atom. The number of carbonyl (C=O) groups is 1. The topological polar surface area (TPSA) is 134 Å². The van der Waals surface area contributed by atoms with Gasteiger partial charge in [-0.25, -0.2) is 15.0 Å². The third kappa shape index (κ3) is 9.92. The van der Waals surface area contributed by atoms with Crippen molar-refractivity contribution in [1.82, 2.24) is 5.43 Å². The predicted octanol–water partition coefficient (Wildman–Crippen LogP) is 6.33. The Labute approximate surface area is 247 Å². The highest BCUT2D eigenvalue weighted by Gasteiger charge is 2.61. The Morgan fingerprint density at radius 2 is 1.63 bits per heavy atom. The second kappa shape index (κ2) is 14.4. The van der Waals surface area contributed by atoms with Crippen molar-refractivity contribution in [2.75, 3.05) is 5.75 Å². The Kier molecular flexibility index (Phi) is 11.0. The molecule has 43 heavy (non-hydrogen) atoms. The monoisotopic (exact) mass is 620 g/mol. The normalized spacial score (nSPS) is 13.1. The van der Waals surface area contributed by atoms with Crippen LogP contribution in [0.1, 0.15) is 22.3 Å². The molecule has 15 heteroatoms. The number of alkyl halides is 5. The molecule has 0 spiro atoms. The van der Waals surface area contributed by atoms with Gasteiger partial charge in [0.1, 0.15) is 17.9 Å². The quantitative estimate of drug-likeness (QED) is 0.105. The minimum Gasteiger partial charge on any atom is -0.481 e. The summed E-state index contributed by atoms with van der Waals surface area (Å²) in [5.74, 6) is -1.79. The number of amidine groups is 2. The van der Waals surface area contributed by atoms with E-state index in [2.05, 4.69) is 30.2 Å². The fourth-order valence-corrected chi connectivity index (χ4v) is 3.78. The fraction of sp³-hybridized carbons (Fsp3) is 0.179. The van der Waals surface area contributed by atoms with Crippen molar-refractivity contribution in [3.8, 4) is 5.75 Å². The van der Waals surface area contributed by atoms with Crippen molar-refractivity contribution >= 4 is 52.7 Å². The van der Waals surface area contributed by atoms with Gasteiger partial charge in [-0.05, 0) is 54.8 Å². The number of para-hydroxylation sites is 1. The first kappa shape index (κ1) is 32.7. The Bertz CT molecular complexity index is 1520. The van der Waals surface area contributed by atoms with Gasteiger partial charge in [0.25, 0.3) is 0 Å². The average Bonchev–Trinajstić information content (AvgIpc) is 2.94. The second-order valence-corrected chi connectivity index (χ2v) is 9.67. The maximum Gasteiger partial charge on any atom is 0.499 e. The van der Waals surface area contributed by atoms with Crippen LogP contribution in [0.15, 0.2) is 86.8 Å². The number of carboxylic acids is 1. The number of hydrogen-bond acceptors (Lipinski definition) is 6. The lowest BCUT2D eigenvalue weighted by atomic mass is 10.1. The van der Waals surface area contributed by atoms with Gasteiger partial charge in [0.2, 0.25) is 0 Å². The van der Waals surface area contributed by atoms with Crippen molar-refractivity contribution in [1.29, 1.82) is 0 Å². The number of aryl methyl sites for hydroxylation is 2. The summed E-state index contributed by atoms with van der Waals surface area (Å²) >= 11 is 0.997. The Balaban J connectivity index is 1.62. The van der Waals surface area contributed by atoms with Crippen LogP contribution in [-0.4, -0.2) is 52.7 Å². The van der Waals surface area contributed by atoms with Crippen LogP contribution in [-0.2, 0) is 4.79 Å². The van der Waals surface area contributed by atoms with Crippen LogP contribution in [0.5, 0.6) is 5.75 Å². The van der Waals surface area contributed by atoms with E-state index >= 15 is 0 Å². The van der Waals surface area contributed by atoms with E-state index in [0.29, 0.717) is 16.3 Å². The molecular weight excluding hydrogens is 595 g/mol. The zero-order valence-corrected chi connectivity index (χ0v) is 23.5. The van der Waals surface area contributed by atoms with Crippen LogP contribution < -0.4 is 15.9 Å². The van der Waals surface area contributed by atoms with Gasteiger partial charge in [0.15, 0.2) is 5.17 Å². The van der Waals surface area contributed by atoms with Gasteiger partial charge in [0.05, 0.1) is 23.3 Å². The van der Waals surface area contributed by atoms with E-state index in [1.54, 1.807) is 24.3 Å².